The zero-order chi connectivity index (χ0) is 13.8. The first kappa shape index (κ1) is 13.8. The molecule has 0 bridgehead atoms. The molecule has 2 rings (SSSR count). The Morgan fingerprint density at radius 2 is 2.11 bits per heavy atom. The Kier molecular flexibility index (Phi) is 4.35. The summed E-state index contributed by atoms with van der Waals surface area (Å²) < 4.78 is 0. The highest BCUT2D eigenvalue weighted by Crippen LogP contribution is 2.16. The van der Waals surface area contributed by atoms with Gasteiger partial charge in [0.15, 0.2) is 0 Å². The number of pyridine rings is 2. The topological polar surface area (TPSA) is 54.9 Å². The minimum Gasteiger partial charge on any atom is -0.348 e. The van der Waals surface area contributed by atoms with E-state index in [-0.39, 0.29) is 16.2 Å². The van der Waals surface area contributed by atoms with Crippen LogP contribution in [0.1, 0.15) is 21.5 Å². The van der Waals surface area contributed by atoms with E-state index >= 15 is 0 Å². The van der Waals surface area contributed by atoms with Gasteiger partial charge in [-0.1, -0.05) is 23.2 Å². The van der Waals surface area contributed by atoms with Gasteiger partial charge in [-0.3, -0.25) is 9.78 Å². The summed E-state index contributed by atoms with van der Waals surface area (Å²) in [6.45, 7) is 2.34. The van der Waals surface area contributed by atoms with Crippen LogP contribution in [0.3, 0.4) is 0 Å². The van der Waals surface area contributed by atoms with Crippen molar-refractivity contribution in [3.05, 3.63) is 57.6 Å². The highest BCUT2D eigenvalue weighted by atomic mass is 35.5. The highest BCUT2D eigenvalue weighted by molar-refractivity contribution is 6.34. The molecule has 4 nitrogen and oxygen atoms in total. The van der Waals surface area contributed by atoms with Gasteiger partial charge in [-0.2, -0.15) is 0 Å². The first-order valence-corrected chi connectivity index (χ1v) is 6.33. The second kappa shape index (κ2) is 5.99. The van der Waals surface area contributed by atoms with Crippen LogP contribution in [0.4, 0.5) is 0 Å². The molecule has 0 radical (unpaired) electrons. The third-order valence-corrected chi connectivity index (χ3v) is 3.13. The molecule has 0 fully saturated rings. The fourth-order valence-electron chi connectivity index (χ4n) is 1.55. The molecular formula is C13H11Cl2N3O. The van der Waals surface area contributed by atoms with Crippen molar-refractivity contribution in [2.24, 2.45) is 0 Å². The van der Waals surface area contributed by atoms with Gasteiger partial charge in [-0.25, -0.2) is 4.98 Å². The molecule has 0 aliphatic heterocycles. The number of aryl methyl sites for hydroxylation is 1. The van der Waals surface area contributed by atoms with E-state index in [1.807, 2.05) is 13.0 Å². The zero-order valence-corrected chi connectivity index (χ0v) is 11.7. The SMILES string of the molecule is Cc1cnccc1CNC(=O)c1ccc(Cl)nc1Cl. The van der Waals surface area contributed by atoms with E-state index in [0.717, 1.165) is 11.1 Å². The molecule has 1 amide bonds. The Bertz CT molecular complexity index is 617. The van der Waals surface area contributed by atoms with Crippen molar-refractivity contribution < 1.29 is 4.79 Å². The lowest BCUT2D eigenvalue weighted by Gasteiger charge is -2.08. The fraction of sp³-hybridized carbons (Fsp3) is 0.154. The fourth-order valence-corrected chi connectivity index (χ4v) is 1.98. The number of hydrogen-bond acceptors (Lipinski definition) is 3. The normalized spacial score (nSPS) is 10.3. The number of nitrogens with one attached hydrogen (secondary N) is 1. The average molecular weight is 296 g/mol. The quantitative estimate of drug-likeness (QED) is 0.886. The molecule has 0 aliphatic rings. The molecule has 0 unspecified atom stereocenters. The predicted molar refractivity (Wildman–Crippen MR) is 74.4 cm³/mol. The standard InChI is InChI=1S/C13H11Cl2N3O/c1-8-6-16-5-4-9(8)7-17-13(19)10-2-3-11(14)18-12(10)15/h2-6H,7H2,1H3,(H,17,19). The van der Waals surface area contributed by atoms with Crippen LogP contribution >= 0.6 is 23.2 Å². The zero-order valence-electron chi connectivity index (χ0n) is 10.2. The first-order valence-electron chi connectivity index (χ1n) is 5.57. The summed E-state index contributed by atoms with van der Waals surface area (Å²) >= 11 is 11.6. The van der Waals surface area contributed by atoms with E-state index in [1.165, 1.54) is 6.07 Å². The monoisotopic (exact) mass is 295 g/mol. The number of carbonyl (C=O) groups is 1. The molecule has 2 aromatic heterocycles. The van der Waals surface area contributed by atoms with Crippen molar-refractivity contribution in [1.82, 2.24) is 15.3 Å². The summed E-state index contributed by atoms with van der Waals surface area (Å²) in [7, 11) is 0. The molecule has 0 saturated carbocycles. The predicted octanol–water partition coefficient (Wildman–Crippen LogP) is 3.02. The third-order valence-electron chi connectivity index (χ3n) is 2.64. The van der Waals surface area contributed by atoms with Gasteiger partial charge in [-0.15, -0.1) is 0 Å². The molecule has 2 aromatic rings. The van der Waals surface area contributed by atoms with Crippen LogP contribution in [0.15, 0.2) is 30.6 Å². The van der Waals surface area contributed by atoms with Crippen LogP contribution in [0.25, 0.3) is 0 Å². The van der Waals surface area contributed by atoms with E-state index in [9.17, 15) is 4.79 Å². The lowest BCUT2D eigenvalue weighted by molar-refractivity contribution is 0.0950. The summed E-state index contributed by atoms with van der Waals surface area (Å²) in [4.78, 5) is 19.8. The van der Waals surface area contributed by atoms with Gasteiger partial charge >= 0.3 is 0 Å². The Labute approximate surface area is 120 Å². The molecular weight excluding hydrogens is 285 g/mol. The molecule has 98 valence electrons. The van der Waals surface area contributed by atoms with Crippen molar-refractivity contribution in [3.8, 4) is 0 Å². The molecule has 1 N–H and O–H groups in total. The lowest BCUT2D eigenvalue weighted by Crippen LogP contribution is -2.23. The van der Waals surface area contributed by atoms with Gasteiger partial charge in [0, 0.05) is 18.9 Å². The largest absolute Gasteiger partial charge is 0.348 e. The van der Waals surface area contributed by atoms with E-state index in [2.05, 4.69) is 15.3 Å². The van der Waals surface area contributed by atoms with Crippen LogP contribution < -0.4 is 5.32 Å². The number of nitrogens with zero attached hydrogens (tertiary/aromatic N) is 2. The van der Waals surface area contributed by atoms with E-state index in [0.29, 0.717) is 12.1 Å². The van der Waals surface area contributed by atoms with Gasteiger partial charge in [0.05, 0.1) is 5.56 Å². The molecule has 6 heteroatoms. The Balaban J connectivity index is 2.08. The lowest BCUT2D eigenvalue weighted by atomic mass is 10.1. The van der Waals surface area contributed by atoms with Crippen molar-refractivity contribution in [1.29, 1.82) is 0 Å². The van der Waals surface area contributed by atoms with Crippen molar-refractivity contribution >= 4 is 29.1 Å². The summed E-state index contributed by atoms with van der Waals surface area (Å²) in [6, 6.07) is 4.93. The highest BCUT2D eigenvalue weighted by Gasteiger charge is 2.11. The minimum absolute atomic E-state index is 0.0939. The van der Waals surface area contributed by atoms with E-state index in [1.54, 1.807) is 18.5 Å². The van der Waals surface area contributed by atoms with E-state index in [4.69, 9.17) is 23.2 Å². The Morgan fingerprint density at radius 3 is 2.79 bits per heavy atom. The van der Waals surface area contributed by atoms with Crippen LogP contribution in [0.5, 0.6) is 0 Å². The maximum absolute atomic E-state index is 12.0. The summed E-state index contributed by atoms with van der Waals surface area (Å²) in [6.07, 6.45) is 3.43. The third kappa shape index (κ3) is 3.43. The molecule has 0 spiro atoms. The van der Waals surface area contributed by atoms with Gasteiger partial charge in [0.2, 0.25) is 0 Å². The number of hydrogen-bond donors (Lipinski definition) is 1. The van der Waals surface area contributed by atoms with Crippen molar-refractivity contribution in [2.45, 2.75) is 13.5 Å². The van der Waals surface area contributed by atoms with Crippen LogP contribution in [0.2, 0.25) is 10.3 Å². The van der Waals surface area contributed by atoms with Crippen molar-refractivity contribution in [2.75, 3.05) is 0 Å². The number of rotatable bonds is 3. The van der Waals surface area contributed by atoms with Crippen LogP contribution in [0, 0.1) is 6.92 Å². The molecule has 19 heavy (non-hydrogen) atoms. The van der Waals surface area contributed by atoms with Gasteiger partial charge in [0.25, 0.3) is 5.91 Å². The molecule has 2 heterocycles. The molecule has 0 atom stereocenters. The van der Waals surface area contributed by atoms with E-state index < -0.39 is 0 Å². The van der Waals surface area contributed by atoms with Gasteiger partial charge in [0.1, 0.15) is 10.3 Å². The smallest absolute Gasteiger partial charge is 0.254 e. The Morgan fingerprint density at radius 1 is 1.32 bits per heavy atom. The van der Waals surface area contributed by atoms with Gasteiger partial charge in [-0.05, 0) is 36.2 Å². The molecule has 0 aliphatic carbocycles. The second-order valence-electron chi connectivity index (χ2n) is 3.96. The minimum atomic E-state index is -0.287. The second-order valence-corrected chi connectivity index (χ2v) is 4.70. The maximum Gasteiger partial charge on any atom is 0.254 e. The van der Waals surface area contributed by atoms with Crippen LogP contribution in [-0.4, -0.2) is 15.9 Å². The van der Waals surface area contributed by atoms with Gasteiger partial charge < -0.3 is 5.32 Å². The summed E-state index contributed by atoms with van der Waals surface area (Å²) in [5.74, 6) is -0.287. The number of carbonyl (C=O) groups excluding carboxylic acids is 1. The summed E-state index contributed by atoms with van der Waals surface area (Å²) in [5.41, 5.74) is 2.32. The number of halogens is 2. The number of aromatic nitrogens is 2. The molecule has 0 saturated heterocycles. The summed E-state index contributed by atoms with van der Waals surface area (Å²) in [5, 5.41) is 3.13. The average Bonchev–Trinajstić information content (AvgIpc) is 2.37. The molecule has 0 aromatic carbocycles. The van der Waals surface area contributed by atoms with Crippen LogP contribution in [-0.2, 0) is 6.54 Å². The number of amides is 1. The first-order chi connectivity index (χ1) is 9.08. The van der Waals surface area contributed by atoms with Crippen molar-refractivity contribution in [3.63, 3.8) is 0 Å². The Hall–Kier alpha value is -1.65. The maximum atomic E-state index is 12.0.